The van der Waals surface area contributed by atoms with Crippen LogP contribution in [0, 0.1) is 0 Å². The molecule has 0 aliphatic carbocycles. The lowest BCUT2D eigenvalue weighted by molar-refractivity contribution is 0.0784. The van der Waals surface area contributed by atoms with E-state index >= 15 is 0 Å². The fraction of sp³-hybridized carbons (Fsp3) is 0.400. The normalized spacial score (nSPS) is 18.2. The third-order valence-electron chi connectivity index (χ3n) is 4.90. The fourth-order valence-corrected chi connectivity index (χ4v) is 5.25. The van der Waals surface area contributed by atoms with Crippen LogP contribution >= 0.6 is 0 Å². The van der Waals surface area contributed by atoms with Crippen molar-refractivity contribution in [3.8, 4) is 0 Å². The van der Waals surface area contributed by atoms with Gasteiger partial charge in [-0.25, -0.2) is 8.42 Å². The molecule has 1 unspecified atom stereocenters. The summed E-state index contributed by atoms with van der Waals surface area (Å²) in [5.41, 5.74) is 2.35. The van der Waals surface area contributed by atoms with Crippen LogP contribution in [-0.2, 0) is 16.4 Å². The number of anilines is 1. The summed E-state index contributed by atoms with van der Waals surface area (Å²) in [5, 5.41) is 0. The maximum Gasteiger partial charge on any atom is 0.255 e. The van der Waals surface area contributed by atoms with E-state index in [0.29, 0.717) is 25.1 Å². The molecule has 2 aromatic rings. The van der Waals surface area contributed by atoms with Crippen molar-refractivity contribution in [2.45, 2.75) is 25.9 Å². The van der Waals surface area contributed by atoms with Crippen molar-refractivity contribution < 1.29 is 13.2 Å². The Bertz CT molecular complexity index is 900. The number of benzene rings is 1. The van der Waals surface area contributed by atoms with Crippen LogP contribution in [0.25, 0.3) is 0 Å². The molecule has 144 valence electrons. The van der Waals surface area contributed by atoms with Crippen LogP contribution in [0.15, 0.2) is 48.8 Å². The molecule has 1 atom stereocenters. The van der Waals surface area contributed by atoms with Gasteiger partial charge in [0.2, 0.25) is 0 Å². The number of amides is 1. The van der Waals surface area contributed by atoms with Gasteiger partial charge in [0, 0.05) is 32.4 Å². The average Bonchev–Trinajstić information content (AvgIpc) is 3.02. The predicted molar refractivity (Wildman–Crippen MR) is 107 cm³/mol. The van der Waals surface area contributed by atoms with Gasteiger partial charge in [0.25, 0.3) is 5.91 Å². The van der Waals surface area contributed by atoms with Gasteiger partial charge in [0.05, 0.1) is 29.0 Å². The molecule has 0 radical (unpaired) electrons. The first-order valence-electron chi connectivity index (χ1n) is 9.11. The Labute approximate surface area is 160 Å². The zero-order valence-electron chi connectivity index (χ0n) is 15.7. The predicted octanol–water partition coefficient (Wildman–Crippen LogP) is 2.37. The molecule has 1 aliphatic rings. The zero-order valence-corrected chi connectivity index (χ0v) is 16.5. The molecule has 1 aromatic heterocycles. The van der Waals surface area contributed by atoms with Crippen LogP contribution in [-0.4, -0.2) is 55.3 Å². The number of hydrogen-bond acceptors (Lipinski definition) is 5. The second-order valence-electron chi connectivity index (χ2n) is 6.92. The minimum absolute atomic E-state index is 0.0609. The van der Waals surface area contributed by atoms with Crippen LogP contribution in [0.5, 0.6) is 0 Å². The van der Waals surface area contributed by atoms with Crippen LogP contribution in [0.3, 0.4) is 0 Å². The van der Waals surface area contributed by atoms with E-state index in [0.717, 1.165) is 11.3 Å². The number of sulfone groups is 1. The van der Waals surface area contributed by atoms with Crippen LogP contribution in [0.1, 0.15) is 29.3 Å². The van der Waals surface area contributed by atoms with Crippen molar-refractivity contribution in [2.24, 2.45) is 0 Å². The van der Waals surface area contributed by atoms with Crippen molar-refractivity contribution in [3.05, 3.63) is 59.9 Å². The lowest BCUT2D eigenvalue weighted by atomic mass is 10.1. The SMILES string of the molecule is CCN(c1cncc(C(=O)N(C)Cc2ccccc2)c1)C1CCS(=O)(=O)C1. The minimum Gasteiger partial charge on any atom is -0.367 e. The first-order chi connectivity index (χ1) is 12.9. The summed E-state index contributed by atoms with van der Waals surface area (Å²) in [6.07, 6.45) is 3.87. The summed E-state index contributed by atoms with van der Waals surface area (Å²) in [5.74, 6) is 0.274. The number of rotatable bonds is 6. The molecule has 0 N–H and O–H groups in total. The van der Waals surface area contributed by atoms with Gasteiger partial charge in [-0.1, -0.05) is 30.3 Å². The fourth-order valence-electron chi connectivity index (χ4n) is 3.52. The monoisotopic (exact) mass is 387 g/mol. The standard InChI is InChI=1S/C20H25N3O3S/c1-3-23(18-9-10-27(25,26)15-18)19-11-17(12-21-13-19)20(24)22(2)14-16-7-5-4-6-8-16/h4-8,11-13,18H,3,9-10,14-15H2,1-2H3. The van der Waals surface area contributed by atoms with Gasteiger partial charge in [-0.3, -0.25) is 9.78 Å². The third-order valence-corrected chi connectivity index (χ3v) is 6.65. The van der Waals surface area contributed by atoms with Gasteiger partial charge in [0.1, 0.15) is 0 Å². The van der Waals surface area contributed by atoms with E-state index in [9.17, 15) is 13.2 Å². The van der Waals surface area contributed by atoms with Gasteiger partial charge in [-0.15, -0.1) is 0 Å². The highest BCUT2D eigenvalue weighted by molar-refractivity contribution is 7.91. The summed E-state index contributed by atoms with van der Waals surface area (Å²) in [6, 6.07) is 11.6. The molecule has 1 fully saturated rings. The molecule has 7 heteroatoms. The van der Waals surface area contributed by atoms with Crippen molar-refractivity contribution in [3.63, 3.8) is 0 Å². The van der Waals surface area contributed by atoms with Gasteiger partial charge in [-0.2, -0.15) is 0 Å². The van der Waals surface area contributed by atoms with Crippen molar-refractivity contribution >= 4 is 21.4 Å². The van der Waals surface area contributed by atoms with E-state index in [1.807, 2.05) is 48.2 Å². The molecule has 3 rings (SSSR count). The van der Waals surface area contributed by atoms with E-state index in [-0.39, 0.29) is 23.5 Å². The average molecular weight is 388 g/mol. The highest BCUT2D eigenvalue weighted by atomic mass is 32.2. The number of carbonyl (C=O) groups excluding carboxylic acids is 1. The molecule has 1 amide bonds. The zero-order chi connectivity index (χ0) is 19.4. The van der Waals surface area contributed by atoms with Crippen molar-refractivity contribution in [1.82, 2.24) is 9.88 Å². The first kappa shape index (κ1) is 19.4. The topological polar surface area (TPSA) is 70.6 Å². The Kier molecular flexibility index (Phi) is 5.79. The van der Waals surface area contributed by atoms with Gasteiger partial charge < -0.3 is 9.80 Å². The first-order valence-corrected chi connectivity index (χ1v) is 10.9. The summed E-state index contributed by atoms with van der Waals surface area (Å²) in [6.45, 7) is 3.17. The molecule has 0 bridgehead atoms. The van der Waals surface area contributed by atoms with E-state index in [2.05, 4.69) is 4.98 Å². The second-order valence-corrected chi connectivity index (χ2v) is 9.15. The Hall–Kier alpha value is -2.41. The van der Waals surface area contributed by atoms with Crippen LogP contribution in [0.4, 0.5) is 5.69 Å². The number of pyridine rings is 1. The maximum absolute atomic E-state index is 12.8. The summed E-state index contributed by atoms with van der Waals surface area (Å²) in [4.78, 5) is 20.7. The maximum atomic E-state index is 12.8. The van der Waals surface area contributed by atoms with E-state index in [1.54, 1.807) is 24.3 Å². The second kappa shape index (κ2) is 8.08. The van der Waals surface area contributed by atoms with Gasteiger partial charge in [-0.05, 0) is 25.0 Å². The quantitative estimate of drug-likeness (QED) is 0.761. The largest absolute Gasteiger partial charge is 0.367 e. The van der Waals surface area contributed by atoms with Gasteiger partial charge >= 0.3 is 0 Å². The van der Waals surface area contributed by atoms with E-state index < -0.39 is 9.84 Å². The summed E-state index contributed by atoms with van der Waals surface area (Å²) in [7, 11) is -1.20. The number of aromatic nitrogens is 1. The minimum atomic E-state index is -2.97. The molecule has 1 aliphatic heterocycles. The molecule has 1 saturated heterocycles. The number of hydrogen-bond donors (Lipinski definition) is 0. The van der Waals surface area contributed by atoms with Crippen molar-refractivity contribution in [1.29, 1.82) is 0 Å². The Morgan fingerprint density at radius 2 is 1.96 bits per heavy atom. The molecular formula is C20H25N3O3S. The number of nitrogens with zero attached hydrogens (tertiary/aromatic N) is 3. The molecule has 0 spiro atoms. The Morgan fingerprint density at radius 1 is 1.22 bits per heavy atom. The number of carbonyl (C=O) groups is 1. The highest BCUT2D eigenvalue weighted by Crippen LogP contribution is 2.24. The Balaban J connectivity index is 1.76. The van der Waals surface area contributed by atoms with Crippen LogP contribution in [0.2, 0.25) is 0 Å². The van der Waals surface area contributed by atoms with E-state index in [4.69, 9.17) is 0 Å². The molecule has 2 heterocycles. The highest BCUT2D eigenvalue weighted by Gasteiger charge is 2.32. The molecule has 6 nitrogen and oxygen atoms in total. The molecule has 27 heavy (non-hydrogen) atoms. The molecular weight excluding hydrogens is 362 g/mol. The van der Waals surface area contributed by atoms with Gasteiger partial charge in [0.15, 0.2) is 9.84 Å². The van der Waals surface area contributed by atoms with E-state index in [1.165, 1.54) is 0 Å². The lowest BCUT2D eigenvalue weighted by Crippen LogP contribution is -2.36. The summed E-state index contributed by atoms with van der Waals surface area (Å²) >= 11 is 0. The third kappa shape index (κ3) is 4.66. The molecule has 0 saturated carbocycles. The van der Waals surface area contributed by atoms with Crippen LogP contribution < -0.4 is 4.90 Å². The Morgan fingerprint density at radius 3 is 2.59 bits per heavy atom. The van der Waals surface area contributed by atoms with Crippen molar-refractivity contribution in [2.75, 3.05) is 30.0 Å². The smallest absolute Gasteiger partial charge is 0.255 e. The summed E-state index contributed by atoms with van der Waals surface area (Å²) < 4.78 is 23.7. The lowest BCUT2D eigenvalue weighted by Gasteiger charge is -2.29. The molecule has 1 aromatic carbocycles.